The lowest BCUT2D eigenvalue weighted by atomic mass is 9.79. The van der Waals surface area contributed by atoms with Crippen LogP contribution in [0.5, 0.6) is 0 Å². The number of hydrogen-bond acceptors (Lipinski definition) is 3. The Morgan fingerprint density at radius 1 is 1.21 bits per heavy atom. The highest BCUT2D eigenvalue weighted by atomic mass is 32.2. The number of sulfone groups is 1. The van der Waals surface area contributed by atoms with Crippen molar-refractivity contribution in [1.82, 2.24) is 0 Å². The van der Waals surface area contributed by atoms with E-state index in [9.17, 15) is 8.42 Å². The first-order chi connectivity index (χ1) is 8.77. The molecule has 4 heteroatoms. The van der Waals surface area contributed by atoms with Crippen LogP contribution < -0.4 is 5.73 Å². The van der Waals surface area contributed by atoms with Gasteiger partial charge in [0.2, 0.25) is 0 Å². The van der Waals surface area contributed by atoms with Crippen LogP contribution in [0, 0.1) is 26.2 Å². The average molecular weight is 281 g/mol. The van der Waals surface area contributed by atoms with Crippen LogP contribution in [0.15, 0.2) is 12.1 Å². The zero-order chi connectivity index (χ0) is 14.3. The van der Waals surface area contributed by atoms with Crippen LogP contribution in [-0.2, 0) is 16.3 Å². The average Bonchev–Trinajstić information content (AvgIpc) is 2.60. The standard InChI is InChI=1S/C15H23NO2S/c1-11-6-12(2)14(13(3)7-11)8-15(9-16)4-5-19(17,18)10-15/h6-7H,4-5,8-10,16H2,1-3H3. The van der Waals surface area contributed by atoms with E-state index in [1.165, 1.54) is 22.3 Å². The highest BCUT2D eigenvalue weighted by molar-refractivity contribution is 7.91. The van der Waals surface area contributed by atoms with Gasteiger partial charge in [-0.2, -0.15) is 0 Å². The summed E-state index contributed by atoms with van der Waals surface area (Å²) < 4.78 is 23.5. The normalized spacial score (nSPS) is 25.7. The molecule has 0 aliphatic carbocycles. The molecule has 1 heterocycles. The van der Waals surface area contributed by atoms with Crippen LogP contribution in [0.3, 0.4) is 0 Å². The summed E-state index contributed by atoms with van der Waals surface area (Å²) >= 11 is 0. The van der Waals surface area contributed by atoms with Crippen LogP contribution >= 0.6 is 0 Å². The van der Waals surface area contributed by atoms with Gasteiger partial charge in [0.05, 0.1) is 11.5 Å². The largest absolute Gasteiger partial charge is 0.330 e. The van der Waals surface area contributed by atoms with E-state index in [0.717, 1.165) is 6.42 Å². The molecular weight excluding hydrogens is 258 g/mol. The molecule has 0 radical (unpaired) electrons. The molecule has 3 nitrogen and oxygen atoms in total. The first-order valence-electron chi connectivity index (χ1n) is 6.74. The van der Waals surface area contributed by atoms with Crippen molar-refractivity contribution in [3.05, 3.63) is 34.4 Å². The number of rotatable bonds is 3. The maximum atomic E-state index is 11.8. The number of nitrogens with two attached hydrogens (primary N) is 1. The van der Waals surface area contributed by atoms with E-state index in [0.29, 0.717) is 13.0 Å². The molecule has 106 valence electrons. The molecule has 1 unspecified atom stereocenters. The molecule has 1 fully saturated rings. The van der Waals surface area contributed by atoms with Crippen molar-refractivity contribution in [2.24, 2.45) is 11.1 Å². The summed E-state index contributed by atoms with van der Waals surface area (Å²) in [5, 5.41) is 0. The second-order valence-corrected chi connectivity index (χ2v) is 8.28. The monoisotopic (exact) mass is 281 g/mol. The summed E-state index contributed by atoms with van der Waals surface area (Å²) in [7, 11) is -2.90. The fraction of sp³-hybridized carbons (Fsp3) is 0.600. The van der Waals surface area contributed by atoms with Gasteiger partial charge in [-0.05, 0) is 56.8 Å². The third kappa shape index (κ3) is 3.00. The summed E-state index contributed by atoms with van der Waals surface area (Å²) in [4.78, 5) is 0. The van der Waals surface area contributed by atoms with Gasteiger partial charge >= 0.3 is 0 Å². The maximum Gasteiger partial charge on any atom is 0.150 e. The van der Waals surface area contributed by atoms with Gasteiger partial charge in [-0.3, -0.25) is 0 Å². The summed E-state index contributed by atoms with van der Waals surface area (Å²) in [6.45, 7) is 6.73. The van der Waals surface area contributed by atoms with Crippen molar-refractivity contribution >= 4 is 9.84 Å². The van der Waals surface area contributed by atoms with Gasteiger partial charge in [-0.15, -0.1) is 0 Å². The minimum atomic E-state index is -2.90. The molecule has 2 rings (SSSR count). The SMILES string of the molecule is Cc1cc(C)c(CC2(CN)CCS(=O)(=O)C2)c(C)c1. The predicted molar refractivity (Wildman–Crippen MR) is 79.1 cm³/mol. The summed E-state index contributed by atoms with van der Waals surface area (Å²) in [5.74, 6) is 0.525. The molecule has 1 saturated heterocycles. The van der Waals surface area contributed by atoms with E-state index in [4.69, 9.17) is 5.73 Å². The fourth-order valence-corrected chi connectivity index (χ4v) is 5.40. The smallest absolute Gasteiger partial charge is 0.150 e. The van der Waals surface area contributed by atoms with Crippen molar-refractivity contribution in [2.45, 2.75) is 33.6 Å². The highest BCUT2D eigenvalue weighted by Crippen LogP contribution is 2.36. The van der Waals surface area contributed by atoms with Gasteiger partial charge in [-0.25, -0.2) is 8.42 Å². The van der Waals surface area contributed by atoms with Gasteiger partial charge < -0.3 is 5.73 Å². The molecule has 0 bridgehead atoms. The van der Waals surface area contributed by atoms with Crippen molar-refractivity contribution in [1.29, 1.82) is 0 Å². The lowest BCUT2D eigenvalue weighted by molar-refractivity contribution is 0.343. The number of aryl methyl sites for hydroxylation is 3. The van der Waals surface area contributed by atoms with E-state index in [1.807, 2.05) is 0 Å². The van der Waals surface area contributed by atoms with E-state index >= 15 is 0 Å². The molecule has 1 aliphatic rings. The Kier molecular flexibility index (Phi) is 3.76. The lowest BCUT2D eigenvalue weighted by Gasteiger charge is -2.27. The van der Waals surface area contributed by atoms with Gasteiger partial charge in [0.1, 0.15) is 0 Å². The molecule has 1 atom stereocenters. The Hall–Kier alpha value is -0.870. The molecule has 1 aromatic carbocycles. The lowest BCUT2D eigenvalue weighted by Crippen LogP contribution is -2.34. The van der Waals surface area contributed by atoms with E-state index in [1.54, 1.807) is 0 Å². The molecule has 2 N–H and O–H groups in total. The molecule has 0 aromatic heterocycles. The summed E-state index contributed by atoms with van der Waals surface area (Å²) in [5.41, 5.74) is 10.7. The predicted octanol–water partition coefficient (Wildman–Crippen LogP) is 1.92. The minimum Gasteiger partial charge on any atom is -0.330 e. The second kappa shape index (κ2) is 4.91. The zero-order valence-corrected chi connectivity index (χ0v) is 12.8. The fourth-order valence-electron chi connectivity index (χ4n) is 3.22. The Balaban J connectivity index is 2.35. The Morgan fingerprint density at radius 2 is 1.79 bits per heavy atom. The van der Waals surface area contributed by atoms with Crippen molar-refractivity contribution in [2.75, 3.05) is 18.1 Å². The summed E-state index contributed by atoms with van der Waals surface area (Å²) in [6, 6.07) is 4.33. The van der Waals surface area contributed by atoms with Gasteiger partial charge in [-0.1, -0.05) is 17.7 Å². The number of hydrogen-bond donors (Lipinski definition) is 1. The van der Waals surface area contributed by atoms with E-state index in [-0.39, 0.29) is 16.9 Å². The number of benzene rings is 1. The topological polar surface area (TPSA) is 60.2 Å². The maximum absolute atomic E-state index is 11.8. The molecule has 19 heavy (non-hydrogen) atoms. The summed E-state index contributed by atoms with van der Waals surface area (Å²) in [6.07, 6.45) is 1.47. The molecule has 0 spiro atoms. The third-order valence-electron chi connectivity index (χ3n) is 4.29. The Morgan fingerprint density at radius 3 is 2.21 bits per heavy atom. The van der Waals surface area contributed by atoms with Crippen molar-refractivity contribution in [3.8, 4) is 0 Å². The molecule has 1 aromatic rings. The van der Waals surface area contributed by atoms with Crippen LogP contribution in [0.25, 0.3) is 0 Å². The molecule has 0 amide bonds. The van der Waals surface area contributed by atoms with Crippen LogP contribution in [0.4, 0.5) is 0 Å². The van der Waals surface area contributed by atoms with Crippen molar-refractivity contribution in [3.63, 3.8) is 0 Å². The molecule has 1 aliphatic heterocycles. The Bertz CT molecular complexity index is 569. The molecule has 0 saturated carbocycles. The molecular formula is C15H23NO2S. The van der Waals surface area contributed by atoms with E-state index in [2.05, 4.69) is 32.9 Å². The Labute approximate surface area is 116 Å². The van der Waals surface area contributed by atoms with Gasteiger partial charge in [0, 0.05) is 5.41 Å². The quantitative estimate of drug-likeness (QED) is 0.921. The van der Waals surface area contributed by atoms with E-state index < -0.39 is 9.84 Å². The van der Waals surface area contributed by atoms with Crippen LogP contribution in [-0.4, -0.2) is 26.5 Å². The van der Waals surface area contributed by atoms with Gasteiger partial charge in [0.15, 0.2) is 9.84 Å². The first kappa shape index (κ1) is 14.5. The van der Waals surface area contributed by atoms with Crippen LogP contribution in [0.1, 0.15) is 28.7 Å². The highest BCUT2D eigenvalue weighted by Gasteiger charge is 2.41. The van der Waals surface area contributed by atoms with Crippen molar-refractivity contribution < 1.29 is 8.42 Å². The third-order valence-corrected chi connectivity index (χ3v) is 6.17. The second-order valence-electron chi connectivity index (χ2n) is 6.10. The van der Waals surface area contributed by atoms with Gasteiger partial charge in [0.25, 0.3) is 0 Å². The minimum absolute atomic E-state index is 0.239. The zero-order valence-electron chi connectivity index (χ0n) is 12.0. The van der Waals surface area contributed by atoms with Crippen LogP contribution in [0.2, 0.25) is 0 Å². The first-order valence-corrected chi connectivity index (χ1v) is 8.56.